The van der Waals surface area contributed by atoms with Crippen molar-refractivity contribution in [3.05, 3.63) is 88.8 Å². The van der Waals surface area contributed by atoms with E-state index < -0.39 is 11.8 Å². The van der Waals surface area contributed by atoms with Gasteiger partial charge in [-0.25, -0.2) is 13.9 Å². The van der Waals surface area contributed by atoms with Crippen LogP contribution in [0.15, 0.2) is 59.3 Å². The van der Waals surface area contributed by atoms with Crippen molar-refractivity contribution in [2.24, 2.45) is 0 Å². The predicted molar refractivity (Wildman–Crippen MR) is 151 cm³/mol. The lowest BCUT2D eigenvalue weighted by molar-refractivity contribution is 0.0595. The predicted octanol–water partition coefficient (Wildman–Crippen LogP) is 6.74. The molecule has 2 fully saturated rings. The zero-order chi connectivity index (χ0) is 28.7. The van der Waals surface area contributed by atoms with E-state index in [1.165, 1.54) is 6.20 Å². The number of nitrogens with zero attached hydrogens (tertiary/aromatic N) is 4. The van der Waals surface area contributed by atoms with Gasteiger partial charge in [0.05, 0.1) is 28.8 Å². The highest BCUT2D eigenvalue weighted by atomic mass is 19.1. The van der Waals surface area contributed by atoms with E-state index in [0.29, 0.717) is 35.5 Å². The van der Waals surface area contributed by atoms with Crippen LogP contribution in [0, 0.1) is 12.7 Å². The van der Waals surface area contributed by atoms with Crippen molar-refractivity contribution in [2.45, 2.75) is 70.3 Å². The van der Waals surface area contributed by atoms with Gasteiger partial charge in [0.15, 0.2) is 0 Å². The van der Waals surface area contributed by atoms with Gasteiger partial charge in [-0.1, -0.05) is 42.8 Å². The number of rotatable bonds is 8. The van der Waals surface area contributed by atoms with Crippen LogP contribution in [0.4, 0.5) is 4.39 Å². The first-order chi connectivity index (χ1) is 19.9. The number of aromatic nitrogens is 3. The zero-order valence-electron chi connectivity index (χ0n) is 23.2. The molecule has 1 saturated heterocycles. The van der Waals surface area contributed by atoms with Gasteiger partial charge < -0.3 is 14.5 Å². The first-order valence-electron chi connectivity index (χ1n) is 14.3. The molecule has 1 aliphatic heterocycles. The minimum absolute atomic E-state index is 0.0133. The molecule has 0 radical (unpaired) electrons. The fourth-order valence-electron chi connectivity index (χ4n) is 6.24. The Bertz CT molecular complexity index is 1610. The van der Waals surface area contributed by atoms with Crippen molar-refractivity contribution in [1.29, 1.82) is 0 Å². The van der Waals surface area contributed by atoms with Crippen molar-refractivity contribution in [2.75, 3.05) is 6.54 Å². The Labute approximate surface area is 237 Å². The van der Waals surface area contributed by atoms with Crippen LogP contribution in [0.1, 0.15) is 95.1 Å². The lowest BCUT2D eigenvalue weighted by atomic mass is 9.96. The molecule has 0 spiro atoms. The van der Waals surface area contributed by atoms with Crippen LogP contribution in [0.5, 0.6) is 0 Å². The molecular weight excluding hydrogens is 523 g/mol. The zero-order valence-corrected chi connectivity index (χ0v) is 23.2. The molecule has 2 aromatic heterocycles. The number of aromatic carboxylic acids is 1. The van der Waals surface area contributed by atoms with Gasteiger partial charge in [-0.15, -0.1) is 0 Å². The Balaban J connectivity index is 1.34. The molecule has 41 heavy (non-hydrogen) atoms. The molecule has 2 aliphatic rings. The van der Waals surface area contributed by atoms with Crippen LogP contribution in [0.25, 0.3) is 16.8 Å². The van der Waals surface area contributed by atoms with Gasteiger partial charge in [0.25, 0.3) is 5.91 Å². The molecule has 1 N–H and O–H groups in total. The normalized spacial score (nSPS) is 20.3. The fourth-order valence-corrected chi connectivity index (χ4v) is 6.24. The maximum absolute atomic E-state index is 16.0. The topological polar surface area (TPSA) is 101 Å². The molecule has 8 nitrogen and oxygen atoms in total. The first-order valence-corrected chi connectivity index (χ1v) is 14.3. The fraction of sp³-hybridized carbons (Fsp3) is 0.375. The van der Waals surface area contributed by atoms with Crippen LogP contribution in [0.3, 0.4) is 0 Å². The summed E-state index contributed by atoms with van der Waals surface area (Å²) in [6.45, 7) is 4.60. The average molecular weight is 557 g/mol. The summed E-state index contributed by atoms with van der Waals surface area (Å²) in [6.07, 6.45) is 6.93. The number of carbonyl (C=O) groups excluding carboxylic acids is 1. The highest BCUT2D eigenvalue weighted by Crippen LogP contribution is 2.55. The van der Waals surface area contributed by atoms with E-state index in [1.807, 2.05) is 24.0 Å². The van der Waals surface area contributed by atoms with E-state index in [1.54, 1.807) is 41.1 Å². The number of likely N-dealkylation sites (tertiary alicyclic amines) is 1. The number of hydrogen-bond acceptors (Lipinski definition) is 5. The van der Waals surface area contributed by atoms with E-state index in [4.69, 9.17) is 4.52 Å². The second-order valence-electron chi connectivity index (χ2n) is 11.1. The molecule has 6 rings (SSSR count). The highest BCUT2D eigenvalue weighted by Gasteiger charge is 2.46. The summed E-state index contributed by atoms with van der Waals surface area (Å²) in [5.74, 6) is -1.23. The molecule has 212 valence electrons. The SMILES string of the molecule is CCC[C@@H]1CCCCN1C(=O)c1cccc(-c2cccc(-n3ncc(C(=O)O)c3C3CC3c3cc(C)no3)c2)c1F. The lowest BCUT2D eigenvalue weighted by Gasteiger charge is -2.36. The van der Waals surface area contributed by atoms with Gasteiger partial charge in [0.1, 0.15) is 17.1 Å². The monoisotopic (exact) mass is 556 g/mol. The minimum atomic E-state index is -1.06. The molecule has 4 aromatic rings. The van der Waals surface area contributed by atoms with E-state index in [-0.39, 0.29) is 34.9 Å². The molecule has 1 amide bonds. The summed E-state index contributed by atoms with van der Waals surface area (Å²) in [5, 5.41) is 18.3. The van der Waals surface area contributed by atoms with Crippen molar-refractivity contribution >= 4 is 11.9 Å². The Morgan fingerprint density at radius 1 is 1.10 bits per heavy atom. The molecule has 9 heteroatoms. The average Bonchev–Trinajstić information content (AvgIpc) is 3.42. The number of hydrogen-bond donors (Lipinski definition) is 1. The van der Waals surface area contributed by atoms with Gasteiger partial charge in [-0.2, -0.15) is 5.10 Å². The van der Waals surface area contributed by atoms with Gasteiger partial charge in [0, 0.05) is 36.1 Å². The molecule has 2 aromatic carbocycles. The molecule has 1 aliphatic carbocycles. The number of carboxylic acids is 1. The summed E-state index contributed by atoms with van der Waals surface area (Å²) in [6, 6.07) is 14.1. The Hall–Kier alpha value is -4.27. The third-order valence-corrected chi connectivity index (χ3v) is 8.33. The molecular formula is C32H33FN4O4. The Morgan fingerprint density at radius 2 is 1.93 bits per heavy atom. The number of benzene rings is 2. The van der Waals surface area contributed by atoms with Crippen LogP contribution < -0.4 is 0 Å². The first kappa shape index (κ1) is 26.9. The van der Waals surface area contributed by atoms with Crippen molar-refractivity contribution in [1.82, 2.24) is 19.8 Å². The third kappa shape index (κ3) is 5.05. The van der Waals surface area contributed by atoms with E-state index >= 15 is 4.39 Å². The molecule has 3 heterocycles. The largest absolute Gasteiger partial charge is 0.478 e. The summed E-state index contributed by atoms with van der Waals surface area (Å²) in [7, 11) is 0. The Morgan fingerprint density at radius 3 is 2.68 bits per heavy atom. The van der Waals surface area contributed by atoms with Crippen molar-refractivity contribution < 1.29 is 23.6 Å². The quantitative estimate of drug-likeness (QED) is 0.258. The summed E-state index contributed by atoms with van der Waals surface area (Å²) < 4.78 is 23.1. The van der Waals surface area contributed by atoms with Gasteiger partial charge >= 0.3 is 5.97 Å². The number of carbonyl (C=O) groups is 2. The van der Waals surface area contributed by atoms with E-state index in [2.05, 4.69) is 17.2 Å². The number of aryl methyl sites for hydroxylation is 1. The second-order valence-corrected chi connectivity index (χ2v) is 11.1. The standard InChI is InChI=1S/C32H33FN4O4/c1-3-8-21-10-4-5-14-36(21)31(38)24-13-7-12-23(29(24)33)20-9-6-11-22(16-20)37-30(27(18-34-37)32(39)40)26-17-25(26)28-15-19(2)35-41-28/h6-7,9,11-13,15-16,18,21,25-26H,3-5,8,10,14,17H2,1-2H3,(H,39,40)/t21-,25?,26?/m1/s1. The second kappa shape index (κ2) is 11.0. The number of amides is 1. The highest BCUT2D eigenvalue weighted by molar-refractivity contribution is 5.96. The van der Waals surface area contributed by atoms with Gasteiger partial charge in [-0.3, -0.25) is 4.79 Å². The van der Waals surface area contributed by atoms with E-state index in [0.717, 1.165) is 43.6 Å². The van der Waals surface area contributed by atoms with Crippen molar-refractivity contribution in [3.63, 3.8) is 0 Å². The molecule has 3 atom stereocenters. The van der Waals surface area contributed by atoms with E-state index in [9.17, 15) is 14.7 Å². The maximum atomic E-state index is 16.0. The number of piperidine rings is 1. The summed E-state index contributed by atoms with van der Waals surface area (Å²) in [5.41, 5.74) is 3.05. The van der Waals surface area contributed by atoms with Crippen LogP contribution in [-0.2, 0) is 0 Å². The third-order valence-electron chi connectivity index (χ3n) is 8.33. The smallest absolute Gasteiger partial charge is 0.339 e. The van der Waals surface area contributed by atoms with Gasteiger partial charge in [-0.05, 0) is 62.8 Å². The molecule has 1 saturated carbocycles. The Kier molecular flexibility index (Phi) is 7.19. The minimum Gasteiger partial charge on any atom is -0.478 e. The van der Waals surface area contributed by atoms with Crippen LogP contribution in [0.2, 0.25) is 0 Å². The number of carboxylic acid groups (broad SMARTS) is 1. The van der Waals surface area contributed by atoms with Crippen molar-refractivity contribution in [3.8, 4) is 16.8 Å². The summed E-state index contributed by atoms with van der Waals surface area (Å²) in [4.78, 5) is 27.5. The van der Waals surface area contributed by atoms with Gasteiger partial charge in [0.2, 0.25) is 0 Å². The molecule has 0 bridgehead atoms. The lowest BCUT2D eigenvalue weighted by Crippen LogP contribution is -2.44. The van der Waals surface area contributed by atoms with Crippen LogP contribution in [-0.4, -0.2) is 49.4 Å². The number of halogens is 1. The van der Waals surface area contributed by atoms with Crippen LogP contribution >= 0.6 is 0 Å². The maximum Gasteiger partial charge on any atom is 0.339 e. The molecule has 2 unspecified atom stereocenters. The summed E-state index contributed by atoms with van der Waals surface area (Å²) >= 11 is 0.